The molecule has 1 fully saturated rings. The van der Waals surface area contributed by atoms with Crippen LogP contribution in [-0.2, 0) is 0 Å². The molecular weight excluding hydrogens is 396 g/mol. The minimum absolute atomic E-state index is 0.320. The Morgan fingerprint density at radius 2 is 1.90 bits per heavy atom. The fourth-order valence-corrected chi connectivity index (χ4v) is 4.95. The molecule has 0 aliphatic carbocycles. The lowest BCUT2D eigenvalue weighted by molar-refractivity contribution is 0.306. The van der Waals surface area contributed by atoms with Gasteiger partial charge in [0, 0.05) is 20.1 Å². The van der Waals surface area contributed by atoms with Gasteiger partial charge in [-0.3, -0.25) is 9.76 Å². The second-order valence-electron chi connectivity index (χ2n) is 5.13. The number of halogens is 1. The standard InChI is InChI=1S/C12H19IN5P.C2H6/c1-9-11-12(18(19-13)16(9)2)15-10(8-14-11)17-6-4-3-5-7-17;1-2/h8-9,19H,3-7H2,1-2H3;1-2H3. The van der Waals surface area contributed by atoms with Crippen molar-refractivity contribution in [1.82, 2.24) is 15.0 Å². The number of anilines is 2. The van der Waals surface area contributed by atoms with Gasteiger partial charge in [0.05, 0.1) is 18.6 Å². The number of hydrogen-bond acceptors (Lipinski definition) is 5. The van der Waals surface area contributed by atoms with Gasteiger partial charge < -0.3 is 4.90 Å². The Hall–Kier alpha value is -0.200. The lowest BCUT2D eigenvalue weighted by atomic mass is 10.1. The van der Waals surface area contributed by atoms with Crippen molar-refractivity contribution in [2.75, 3.05) is 29.8 Å². The fourth-order valence-electron chi connectivity index (χ4n) is 2.70. The van der Waals surface area contributed by atoms with Gasteiger partial charge in [-0.25, -0.2) is 9.99 Å². The molecule has 2 aliphatic heterocycles. The molecule has 1 aromatic heterocycles. The van der Waals surface area contributed by atoms with Crippen molar-refractivity contribution >= 4 is 40.1 Å². The van der Waals surface area contributed by atoms with E-state index in [0.29, 0.717) is 12.4 Å². The van der Waals surface area contributed by atoms with Crippen LogP contribution >= 0.6 is 28.4 Å². The Bertz CT molecular complexity index is 467. The molecular formula is C14H25IN5P. The topological polar surface area (TPSA) is 35.5 Å². The van der Waals surface area contributed by atoms with E-state index in [1.54, 1.807) is 0 Å². The van der Waals surface area contributed by atoms with Crippen LogP contribution in [0, 0.1) is 0 Å². The van der Waals surface area contributed by atoms with E-state index in [9.17, 15) is 0 Å². The first kappa shape index (κ1) is 17.2. The first-order chi connectivity index (χ1) is 10.2. The van der Waals surface area contributed by atoms with E-state index >= 15 is 0 Å². The van der Waals surface area contributed by atoms with Gasteiger partial charge in [-0.1, -0.05) is 13.8 Å². The number of piperidine rings is 1. The highest BCUT2D eigenvalue weighted by Gasteiger charge is 2.34. The normalized spacial score (nSPS) is 22.4. The maximum absolute atomic E-state index is 4.88. The highest BCUT2D eigenvalue weighted by molar-refractivity contribution is 14.2. The van der Waals surface area contributed by atoms with Crippen LogP contribution in [0.1, 0.15) is 51.8 Å². The van der Waals surface area contributed by atoms with Crippen LogP contribution < -0.4 is 9.68 Å². The van der Waals surface area contributed by atoms with E-state index < -0.39 is 0 Å². The molecule has 1 aromatic rings. The molecule has 0 saturated carbocycles. The molecule has 0 bridgehead atoms. The summed E-state index contributed by atoms with van der Waals surface area (Å²) in [4.78, 5) is 11.9. The van der Waals surface area contributed by atoms with Crippen molar-refractivity contribution in [3.05, 3.63) is 11.9 Å². The molecule has 7 heteroatoms. The van der Waals surface area contributed by atoms with Gasteiger partial charge in [0.15, 0.2) is 5.82 Å². The smallest absolute Gasteiger partial charge is 0.172 e. The van der Waals surface area contributed by atoms with Crippen molar-refractivity contribution in [3.63, 3.8) is 0 Å². The molecule has 3 heterocycles. The van der Waals surface area contributed by atoms with Crippen LogP contribution in [0.25, 0.3) is 0 Å². The summed E-state index contributed by atoms with van der Waals surface area (Å²) in [5, 5.41) is 2.23. The lowest BCUT2D eigenvalue weighted by Crippen LogP contribution is -2.31. The average molecular weight is 421 g/mol. The third-order valence-corrected chi connectivity index (χ3v) is 6.06. The molecule has 1 saturated heterocycles. The van der Waals surface area contributed by atoms with Crippen molar-refractivity contribution < 1.29 is 0 Å². The largest absolute Gasteiger partial charge is 0.355 e. The molecule has 2 aliphatic rings. The van der Waals surface area contributed by atoms with Crippen molar-refractivity contribution in [3.8, 4) is 0 Å². The molecule has 3 rings (SSSR count). The summed E-state index contributed by atoms with van der Waals surface area (Å²) in [5.41, 5.74) is 1.10. The molecule has 5 nitrogen and oxygen atoms in total. The Morgan fingerprint density at radius 1 is 1.24 bits per heavy atom. The van der Waals surface area contributed by atoms with E-state index in [-0.39, 0.29) is 0 Å². The molecule has 0 amide bonds. The lowest BCUT2D eigenvalue weighted by Gasteiger charge is -2.28. The summed E-state index contributed by atoms with van der Waals surface area (Å²) in [6.45, 7) is 8.42. The van der Waals surface area contributed by atoms with E-state index in [2.05, 4.69) is 55.7 Å². The Balaban J connectivity index is 0.000000774. The first-order valence-corrected chi connectivity index (χ1v) is 11.8. The van der Waals surface area contributed by atoms with Gasteiger partial charge in [-0.05, 0) is 48.2 Å². The number of nitrogens with zero attached hydrogens (tertiary/aromatic N) is 5. The van der Waals surface area contributed by atoms with Gasteiger partial charge in [-0.2, -0.15) is 0 Å². The Kier molecular flexibility index (Phi) is 6.44. The molecule has 0 aromatic carbocycles. The highest BCUT2D eigenvalue weighted by atomic mass is 127. The van der Waals surface area contributed by atoms with Gasteiger partial charge in [0.1, 0.15) is 11.5 Å². The van der Waals surface area contributed by atoms with Crippen LogP contribution in [0.2, 0.25) is 0 Å². The third-order valence-electron chi connectivity index (χ3n) is 4.00. The summed E-state index contributed by atoms with van der Waals surface area (Å²) < 4.78 is 2.24. The molecule has 0 radical (unpaired) electrons. The summed E-state index contributed by atoms with van der Waals surface area (Å²) in [7, 11) is 2.11. The zero-order valence-corrected chi connectivity index (χ0v) is 16.5. The van der Waals surface area contributed by atoms with Gasteiger partial charge in [0.25, 0.3) is 0 Å². The van der Waals surface area contributed by atoms with Crippen LogP contribution in [0.3, 0.4) is 0 Å². The number of rotatable bonds is 2. The van der Waals surface area contributed by atoms with Crippen molar-refractivity contribution in [2.45, 2.75) is 46.1 Å². The molecule has 2 atom stereocenters. The predicted octanol–water partition coefficient (Wildman–Crippen LogP) is 4.16. The molecule has 118 valence electrons. The quantitative estimate of drug-likeness (QED) is 0.530. The predicted molar refractivity (Wildman–Crippen MR) is 100 cm³/mol. The van der Waals surface area contributed by atoms with Gasteiger partial charge in [0.2, 0.25) is 0 Å². The van der Waals surface area contributed by atoms with Crippen LogP contribution in [0.4, 0.5) is 11.6 Å². The maximum atomic E-state index is 4.88. The second kappa shape index (κ2) is 7.88. The number of hydrogen-bond donors (Lipinski definition) is 0. The number of aromatic nitrogens is 2. The Morgan fingerprint density at radius 3 is 2.52 bits per heavy atom. The van der Waals surface area contributed by atoms with Crippen LogP contribution in [-0.4, -0.2) is 35.1 Å². The van der Waals surface area contributed by atoms with Gasteiger partial charge >= 0.3 is 0 Å². The van der Waals surface area contributed by atoms with E-state index in [1.807, 2.05) is 20.0 Å². The first-order valence-electron chi connectivity index (χ1n) is 7.73. The molecule has 0 N–H and O–H groups in total. The minimum atomic E-state index is 0.320. The van der Waals surface area contributed by atoms with E-state index in [0.717, 1.165) is 30.4 Å². The molecule has 21 heavy (non-hydrogen) atoms. The van der Waals surface area contributed by atoms with Crippen molar-refractivity contribution in [1.29, 1.82) is 0 Å². The third kappa shape index (κ3) is 3.42. The van der Waals surface area contributed by atoms with Gasteiger partial charge in [-0.15, -0.1) is 0 Å². The Labute approximate surface area is 142 Å². The second-order valence-corrected chi connectivity index (χ2v) is 7.17. The highest BCUT2D eigenvalue weighted by Crippen LogP contribution is 2.45. The number of fused-ring (bicyclic) bond motifs is 1. The number of hydrazine groups is 1. The summed E-state index contributed by atoms with van der Waals surface area (Å²) in [6, 6.07) is 0.320. The summed E-state index contributed by atoms with van der Waals surface area (Å²) in [6.07, 6.45) is 6.50. The van der Waals surface area contributed by atoms with Crippen LogP contribution in [0.15, 0.2) is 6.20 Å². The monoisotopic (exact) mass is 421 g/mol. The van der Waals surface area contributed by atoms with Crippen molar-refractivity contribution in [2.24, 2.45) is 0 Å². The van der Waals surface area contributed by atoms with E-state index in [4.69, 9.17) is 4.98 Å². The maximum Gasteiger partial charge on any atom is 0.172 e. The zero-order valence-electron chi connectivity index (χ0n) is 13.3. The molecule has 2 unspecified atom stereocenters. The average Bonchev–Trinajstić information content (AvgIpc) is 2.80. The van der Waals surface area contributed by atoms with Crippen LogP contribution in [0.5, 0.6) is 0 Å². The minimum Gasteiger partial charge on any atom is -0.355 e. The zero-order chi connectivity index (χ0) is 15.4. The van der Waals surface area contributed by atoms with E-state index in [1.165, 1.54) is 19.3 Å². The fraction of sp³-hybridized carbons (Fsp3) is 0.714. The summed E-state index contributed by atoms with van der Waals surface area (Å²) >= 11 is 2.41. The molecule has 0 spiro atoms. The SMILES string of the molecule is CC.CC1c2ncc(N3CCCCC3)nc2N(PI)N1C. The summed E-state index contributed by atoms with van der Waals surface area (Å²) in [5.74, 6) is 2.09.